The third-order valence-electron chi connectivity index (χ3n) is 5.54. The van der Waals surface area contributed by atoms with Gasteiger partial charge in [-0.15, -0.1) is 23.1 Å². The number of fused-ring (bicyclic) bond motifs is 1. The predicted molar refractivity (Wildman–Crippen MR) is 137 cm³/mol. The van der Waals surface area contributed by atoms with Crippen LogP contribution in [0.4, 0.5) is 5.00 Å². The summed E-state index contributed by atoms with van der Waals surface area (Å²) < 4.78 is 0. The number of nitrogens with zero attached hydrogens (tertiary/aromatic N) is 1. The molecule has 3 aromatic rings. The molecule has 0 unspecified atom stereocenters. The zero-order chi connectivity index (χ0) is 23.4. The molecule has 3 N–H and O–H groups in total. The molecule has 4 rings (SSSR count). The van der Waals surface area contributed by atoms with Gasteiger partial charge >= 0.3 is 0 Å². The Morgan fingerprint density at radius 3 is 2.48 bits per heavy atom. The number of primary amides is 1. The number of thiophene rings is 1. The van der Waals surface area contributed by atoms with Crippen molar-refractivity contribution in [3.05, 3.63) is 81.7 Å². The van der Waals surface area contributed by atoms with Crippen molar-refractivity contribution in [1.29, 1.82) is 0 Å². The smallest absolute Gasteiger partial charge is 0.251 e. The van der Waals surface area contributed by atoms with Crippen LogP contribution in [0.15, 0.2) is 59.5 Å². The van der Waals surface area contributed by atoms with Crippen molar-refractivity contribution in [2.24, 2.45) is 5.73 Å². The minimum atomic E-state index is -0.477. The number of carbonyl (C=O) groups is 2. The Morgan fingerprint density at radius 1 is 1.09 bits per heavy atom. The fourth-order valence-corrected chi connectivity index (χ4v) is 6.25. The van der Waals surface area contributed by atoms with Crippen LogP contribution in [0, 0.1) is 0 Å². The van der Waals surface area contributed by atoms with E-state index in [1.165, 1.54) is 21.8 Å². The lowest BCUT2D eigenvalue weighted by atomic mass is 10.0. The first-order valence-corrected chi connectivity index (χ1v) is 12.8. The van der Waals surface area contributed by atoms with Gasteiger partial charge in [-0.1, -0.05) is 56.3 Å². The second-order valence-electron chi connectivity index (χ2n) is 8.55. The van der Waals surface area contributed by atoms with Crippen molar-refractivity contribution in [3.63, 3.8) is 0 Å². The minimum absolute atomic E-state index is 0.137. The number of anilines is 1. The zero-order valence-corrected chi connectivity index (χ0v) is 20.6. The maximum atomic E-state index is 12.8. The summed E-state index contributed by atoms with van der Waals surface area (Å²) >= 11 is 3.27. The molecular formula is C26H29N3O2S2. The van der Waals surface area contributed by atoms with Gasteiger partial charge in [-0.3, -0.25) is 14.5 Å². The Bertz CT molecular complexity index is 1120. The second-order valence-corrected chi connectivity index (χ2v) is 11.3. The molecule has 0 radical (unpaired) electrons. The molecule has 1 aliphatic heterocycles. The summed E-state index contributed by atoms with van der Waals surface area (Å²) in [4.78, 5) is 29.7. The lowest BCUT2D eigenvalue weighted by Gasteiger charge is -2.27. The molecule has 0 bridgehead atoms. The first-order valence-electron chi connectivity index (χ1n) is 11.1. The third kappa shape index (κ3) is 6.05. The topological polar surface area (TPSA) is 75.4 Å². The molecule has 0 saturated carbocycles. The Labute approximate surface area is 203 Å². The van der Waals surface area contributed by atoms with Crippen LogP contribution in [-0.2, 0) is 30.7 Å². The number of benzene rings is 2. The number of hydrogen-bond acceptors (Lipinski definition) is 5. The van der Waals surface area contributed by atoms with Crippen LogP contribution in [0.3, 0.4) is 0 Å². The standard InChI is InChI=1S/C26H29N3O2S2/c1-17(2)32-20-10-8-18(9-11-20)14-23(30)28-26-24(25(27)31)21-12-13-29(16-22(21)33-26)15-19-6-4-3-5-7-19/h3-11,17H,12-16H2,1-2H3,(H2,27,31)(H,28,30). The summed E-state index contributed by atoms with van der Waals surface area (Å²) in [6, 6.07) is 18.4. The molecule has 7 heteroatoms. The van der Waals surface area contributed by atoms with Crippen molar-refractivity contribution in [2.45, 2.75) is 49.9 Å². The van der Waals surface area contributed by atoms with E-state index in [0.717, 1.165) is 42.1 Å². The number of nitrogens with two attached hydrogens (primary N) is 1. The van der Waals surface area contributed by atoms with Crippen molar-refractivity contribution in [2.75, 3.05) is 11.9 Å². The van der Waals surface area contributed by atoms with Gasteiger partial charge in [0.25, 0.3) is 5.91 Å². The van der Waals surface area contributed by atoms with Crippen molar-refractivity contribution in [1.82, 2.24) is 4.90 Å². The van der Waals surface area contributed by atoms with Gasteiger partial charge < -0.3 is 11.1 Å². The molecule has 1 aliphatic rings. The molecule has 2 aromatic carbocycles. The lowest BCUT2D eigenvalue weighted by Crippen LogP contribution is -2.30. The van der Waals surface area contributed by atoms with Gasteiger partial charge in [-0.25, -0.2) is 0 Å². The minimum Gasteiger partial charge on any atom is -0.365 e. The number of thioether (sulfide) groups is 1. The van der Waals surface area contributed by atoms with Gasteiger partial charge in [0.15, 0.2) is 0 Å². The highest BCUT2D eigenvalue weighted by molar-refractivity contribution is 7.99. The van der Waals surface area contributed by atoms with E-state index in [2.05, 4.69) is 36.2 Å². The van der Waals surface area contributed by atoms with Crippen LogP contribution < -0.4 is 11.1 Å². The fraction of sp³-hybridized carbons (Fsp3) is 0.308. The number of carbonyl (C=O) groups excluding carboxylic acids is 2. The zero-order valence-electron chi connectivity index (χ0n) is 19.0. The van der Waals surface area contributed by atoms with E-state index in [-0.39, 0.29) is 12.3 Å². The molecule has 0 fully saturated rings. The summed E-state index contributed by atoms with van der Waals surface area (Å²) in [5.74, 6) is -0.615. The SMILES string of the molecule is CC(C)Sc1ccc(CC(=O)Nc2sc3c(c2C(N)=O)CCN(Cc2ccccc2)C3)cc1. The molecule has 33 heavy (non-hydrogen) atoms. The molecule has 0 spiro atoms. The predicted octanol–water partition coefficient (Wildman–Crippen LogP) is 5.09. The maximum Gasteiger partial charge on any atom is 0.251 e. The van der Waals surface area contributed by atoms with Crippen LogP contribution in [0.25, 0.3) is 0 Å². The fourth-order valence-electron chi connectivity index (χ4n) is 4.10. The van der Waals surface area contributed by atoms with E-state index < -0.39 is 5.91 Å². The largest absolute Gasteiger partial charge is 0.365 e. The highest BCUT2D eigenvalue weighted by Gasteiger charge is 2.27. The number of hydrogen-bond donors (Lipinski definition) is 2. The van der Waals surface area contributed by atoms with Gasteiger partial charge in [0.05, 0.1) is 12.0 Å². The lowest BCUT2D eigenvalue weighted by molar-refractivity contribution is -0.115. The number of rotatable bonds is 8. The molecule has 5 nitrogen and oxygen atoms in total. The number of nitrogens with one attached hydrogen (secondary N) is 1. The Balaban J connectivity index is 1.45. The molecule has 0 atom stereocenters. The van der Waals surface area contributed by atoms with Gasteiger partial charge in [0.1, 0.15) is 5.00 Å². The van der Waals surface area contributed by atoms with Crippen LogP contribution >= 0.6 is 23.1 Å². The Morgan fingerprint density at radius 2 is 1.82 bits per heavy atom. The molecule has 0 saturated heterocycles. The molecule has 1 aromatic heterocycles. The normalized spacial score (nSPS) is 13.7. The average molecular weight is 480 g/mol. The van der Waals surface area contributed by atoms with E-state index in [1.807, 2.05) is 42.5 Å². The van der Waals surface area contributed by atoms with Crippen molar-refractivity contribution in [3.8, 4) is 0 Å². The summed E-state index contributed by atoms with van der Waals surface area (Å²) in [7, 11) is 0. The van der Waals surface area contributed by atoms with Crippen LogP contribution in [-0.4, -0.2) is 28.5 Å². The number of amides is 2. The van der Waals surface area contributed by atoms with Crippen molar-refractivity contribution >= 4 is 39.9 Å². The highest BCUT2D eigenvalue weighted by atomic mass is 32.2. The van der Waals surface area contributed by atoms with Crippen LogP contribution in [0.2, 0.25) is 0 Å². The summed E-state index contributed by atoms with van der Waals surface area (Å²) in [5.41, 5.74) is 9.40. The van der Waals surface area contributed by atoms with E-state index in [4.69, 9.17) is 5.73 Å². The highest BCUT2D eigenvalue weighted by Crippen LogP contribution is 2.37. The van der Waals surface area contributed by atoms with E-state index >= 15 is 0 Å². The third-order valence-corrected chi connectivity index (χ3v) is 7.69. The van der Waals surface area contributed by atoms with Crippen LogP contribution in [0.5, 0.6) is 0 Å². The summed E-state index contributed by atoms with van der Waals surface area (Å²) in [6.07, 6.45) is 1.01. The average Bonchev–Trinajstić information content (AvgIpc) is 3.12. The van der Waals surface area contributed by atoms with Crippen LogP contribution in [0.1, 0.15) is 45.8 Å². The molecule has 0 aliphatic carbocycles. The quantitative estimate of drug-likeness (QED) is 0.442. The molecular weight excluding hydrogens is 450 g/mol. The Hall–Kier alpha value is -2.61. The van der Waals surface area contributed by atoms with Gasteiger partial charge in [-0.05, 0) is 35.2 Å². The summed E-state index contributed by atoms with van der Waals surface area (Å²) in [5, 5.41) is 4.05. The van der Waals surface area contributed by atoms with E-state index in [9.17, 15) is 9.59 Å². The van der Waals surface area contributed by atoms with Gasteiger partial charge in [-0.2, -0.15) is 0 Å². The summed E-state index contributed by atoms with van der Waals surface area (Å²) in [6.45, 7) is 6.78. The maximum absolute atomic E-state index is 12.8. The second kappa shape index (κ2) is 10.5. The molecule has 2 amide bonds. The molecule has 2 heterocycles. The first kappa shape index (κ1) is 23.5. The van der Waals surface area contributed by atoms with Crippen molar-refractivity contribution < 1.29 is 9.59 Å². The van der Waals surface area contributed by atoms with Gasteiger partial charge in [0.2, 0.25) is 5.91 Å². The van der Waals surface area contributed by atoms with E-state index in [0.29, 0.717) is 15.8 Å². The molecule has 172 valence electrons. The monoisotopic (exact) mass is 479 g/mol. The van der Waals surface area contributed by atoms with E-state index in [1.54, 1.807) is 11.8 Å². The first-order chi connectivity index (χ1) is 15.9. The van der Waals surface area contributed by atoms with Gasteiger partial charge in [0, 0.05) is 34.7 Å². The Kier molecular flexibility index (Phi) is 7.53.